The zero-order valence-electron chi connectivity index (χ0n) is 15.4. The lowest BCUT2D eigenvalue weighted by Crippen LogP contribution is -2.55. The zero-order chi connectivity index (χ0) is 20.5. The largest absolute Gasteiger partial charge is 0.484 e. The van der Waals surface area contributed by atoms with Gasteiger partial charge in [0.05, 0.1) is 5.54 Å². The summed E-state index contributed by atoms with van der Waals surface area (Å²) in [5.41, 5.74) is 5.16. The Morgan fingerprint density at radius 1 is 1.39 bits per heavy atom. The first-order valence-electron chi connectivity index (χ1n) is 9.11. The number of nitrogens with two attached hydrogens (primary N) is 1. The topological polar surface area (TPSA) is 110 Å². The fraction of sp³-hybridized carbons (Fsp3) is 0.611. The lowest BCUT2D eigenvalue weighted by Gasteiger charge is -2.29. The van der Waals surface area contributed by atoms with Crippen LogP contribution in [0.5, 0.6) is 5.75 Å². The Hall–Kier alpha value is -2.52. The summed E-state index contributed by atoms with van der Waals surface area (Å²) < 4.78 is 42.6. The molecular formula is C18H23F3N4O3. The van der Waals surface area contributed by atoms with Crippen molar-refractivity contribution in [2.75, 3.05) is 6.61 Å². The Kier molecular flexibility index (Phi) is 5.40. The molecule has 4 N–H and O–H groups in total. The van der Waals surface area contributed by atoms with E-state index in [0.717, 1.165) is 25.7 Å². The normalized spacial score (nSPS) is 19.8. The number of halogens is 3. The van der Waals surface area contributed by atoms with Crippen LogP contribution in [0.2, 0.25) is 0 Å². The van der Waals surface area contributed by atoms with Crippen LogP contribution in [0.3, 0.4) is 0 Å². The summed E-state index contributed by atoms with van der Waals surface area (Å²) in [5.74, 6) is -0.302. The molecule has 28 heavy (non-hydrogen) atoms. The maximum Gasteiger partial charge on any atom is 0.422 e. The smallest absolute Gasteiger partial charge is 0.422 e. The predicted molar refractivity (Wildman–Crippen MR) is 94.4 cm³/mol. The number of aromatic nitrogens is 1. The highest BCUT2D eigenvalue weighted by atomic mass is 19.4. The molecule has 1 heterocycles. The van der Waals surface area contributed by atoms with Crippen LogP contribution in [-0.4, -0.2) is 40.3 Å². The number of alkyl halides is 3. The maximum atomic E-state index is 12.7. The van der Waals surface area contributed by atoms with Gasteiger partial charge >= 0.3 is 6.18 Å². The molecular weight excluding hydrogens is 377 g/mol. The number of nitrogens with one attached hydrogen (secondary N) is 1. The van der Waals surface area contributed by atoms with Gasteiger partial charge in [0.1, 0.15) is 11.4 Å². The van der Waals surface area contributed by atoms with Crippen molar-refractivity contribution in [3.8, 4) is 5.75 Å². The number of carbonyl (C=O) groups excluding carboxylic acids is 1. The molecule has 1 unspecified atom stereocenters. The van der Waals surface area contributed by atoms with E-state index in [0.29, 0.717) is 17.9 Å². The van der Waals surface area contributed by atoms with Crippen molar-refractivity contribution in [1.82, 2.24) is 10.3 Å². The Morgan fingerprint density at radius 3 is 2.61 bits per heavy atom. The standard InChI is InChI=1S/C18H23F3N4O3/c1-17(16(22)25-27,7-10-2-3-10)24-15(26)13-6-14(28-9-18(19,20)21)12(8-23-13)11-4-5-11/h6,8,10-11,27H,2-5,7,9H2,1H3,(H2,22,25)(H,24,26). The molecule has 2 aliphatic carbocycles. The van der Waals surface area contributed by atoms with Crippen molar-refractivity contribution < 1.29 is 27.9 Å². The number of rotatable bonds is 8. The molecule has 0 saturated heterocycles. The molecule has 3 rings (SSSR count). The monoisotopic (exact) mass is 400 g/mol. The van der Waals surface area contributed by atoms with Crippen LogP contribution in [-0.2, 0) is 0 Å². The van der Waals surface area contributed by atoms with Gasteiger partial charge in [-0.2, -0.15) is 13.2 Å². The van der Waals surface area contributed by atoms with Crippen LogP contribution >= 0.6 is 0 Å². The van der Waals surface area contributed by atoms with Gasteiger partial charge < -0.3 is 21.0 Å². The number of hydrogen-bond donors (Lipinski definition) is 3. The van der Waals surface area contributed by atoms with Crippen molar-refractivity contribution in [3.05, 3.63) is 23.5 Å². The third-order valence-corrected chi connectivity index (χ3v) is 4.99. The molecule has 0 spiro atoms. The molecule has 2 saturated carbocycles. The highest BCUT2D eigenvalue weighted by Gasteiger charge is 2.39. The molecule has 0 radical (unpaired) electrons. The van der Waals surface area contributed by atoms with E-state index in [9.17, 15) is 18.0 Å². The van der Waals surface area contributed by atoms with E-state index >= 15 is 0 Å². The number of oxime groups is 1. The molecule has 2 fully saturated rings. The van der Waals surface area contributed by atoms with Gasteiger partial charge in [0.25, 0.3) is 5.91 Å². The summed E-state index contributed by atoms with van der Waals surface area (Å²) in [5, 5.41) is 14.8. The van der Waals surface area contributed by atoms with E-state index in [1.54, 1.807) is 6.92 Å². The quantitative estimate of drug-likeness (QED) is 0.269. The fourth-order valence-electron chi connectivity index (χ4n) is 3.10. The third-order valence-electron chi connectivity index (χ3n) is 4.99. The van der Waals surface area contributed by atoms with Crippen LogP contribution in [0.15, 0.2) is 17.4 Å². The van der Waals surface area contributed by atoms with Crippen LogP contribution in [0.1, 0.15) is 61.0 Å². The molecule has 2 aliphatic rings. The van der Waals surface area contributed by atoms with Gasteiger partial charge in [-0.15, -0.1) is 0 Å². The summed E-state index contributed by atoms with van der Waals surface area (Å²) in [7, 11) is 0. The second-order valence-electron chi connectivity index (χ2n) is 7.70. The average Bonchev–Trinajstić information content (AvgIpc) is 3.52. The van der Waals surface area contributed by atoms with Crippen molar-refractivity contribution >= 4 is 11.7 Å². The van der Waals surface area contributed by atoms with E-state index < -0.39 is 24.2 Å². The van der Waals surface area contributed by atoms with E-state index in [1.165, 1.54) is 12.3 Å². The number of pyridine rings is 1. The van der Waals surface area contributed by atoms with E-state index in [2.05, 4.69) is 15.5 Å². The molecule has 0 aliphatic heterocycles. The molecule has 10 heteroatoms. The second-order valence-corrected chi connectivity index (χ2v) is 7.70. The summed E-state index contributed by atoms with van der Waals surface area (Å²) in [6.07, 6.45) is 1.08. The van der Waals surface area contributed by atoms with Gasteiger partial charge in [-0.1, -0.05) is 18.0 Å². The van der Waals surface area contributed by atoms with E-state index in [-0.39, 0.29) is 23.2 Å². The average molecular weight is 400 g/mol. The van der Waals surface area contributed by atoms with Crippen LogP contribution < -0.4 is 15.8 Å². The second kappa shape index (κ2) is 7.48. The van der Waals surface area contributed by atoms with Crippen molar-refractivity contribution in [2.24, 2.45) is 16.8 Å². The van der Waals surface area contributed by atoms with Crippen molar-refractivity contribution in [3.63, 3.8) is 0 Å². The Balaban J connectivity index is 1.80. The minimum Gasteiger partial charge on any atom is -0.484 e. The number of carbonyl (C=O) groups is 1. The maximum absolute atomic E-state index is 12.7. The third kappa shape index (κ3) is 5.05. The minimum absolute atomic E-state index is 0.00710. The van der Waals surface area contributed by atoms with Crippen LogP contribution in [0, 0.1) is 5.92 Å². The summed E-state index contributed by atoms with van der Waals surface area (Å²) in [6.45, 7) is 0.194. The number of nitrogens with zero attached hydrogens (tertiary/aromatic N) is 2. The highest BCUT2D eigenvalue weighted by Crippen LogP contribution is 2.44. The number of hydrogen-bond acceptors (Lipinski definition) is 5. The Morgan fingerprint density at radius 2 is 2.07 bits per heavy atom. The number of ether oxygens (including phenoxy) is 1. The van der Waals surface area contributed by atoms with Gasteiger partial charge in [-0.3, -0.25) is 9.78 Å². The van der Waals surface area contributed by atoms with Crippen molar-refractivity contribution in [1.29, 1.82) is 0 Å². The molecule has 1 amide bonds. The Bertz CT molecular complexity index is 776. The molecule has 154 valence electrons. The number of amides is 1. The van der Waals surface area contributed by atoms with E-state index in [4.69, 9.17) is 15.7 Å². The molecule has 1 atom stereocenters. The summed E-state index contributed by atoms with van der Waals surface area (Å²) >= 11 is 0. The summed E-state index contributed by atoms with van der Waals surface area (Å²) in [6, 6.07) is 1.22. The summed E-state index contributed by atoms with van der Waals surface area (Å²) in [4.78, 5) is 16.8. The number of amidine groups is 1. The first kappa shape index (κ1) is 20.2. The van der Waals surface area contributed by atoms with Crippen molar-refractivity contribution in [2.45, 2.75) is 56.7 Å². The fourth-order valence-corrected chi connectivity index (χ4v) is 3.10. The van der Waals surface area contributed by atoms with Gasteiger partial charge in [0.15, 0.2) is 12.4 Å². The first-order valence-corrected chi connectivity index (χ1v) is 9.11. The van der Waals surface area contributed by atoms with E-state index in [1.807, 2.05) is 0 Å². The van der Waals surface area contributed by atoms with Crippen LogP contribution in [0.25, 0.3) is 0 Å². The molecule has 0 aromatic carbocycles. The predicted octanol–water partition coefficient (Wildman–Crippen LogP) is 2.94. The molecule has 0 bridgehead atoms. The highest BCUT2D eigenvalue weighted by molar-refractivity contribution is 5.99. The lowest BCUT2D eigenvalue weighted by molar-refractivity contribution is -0.153. The Labute approximate surface area is 160 Å². The molecule has 7 nitrogen and oxygen atoms in total. The zero-order valence-corrected chi connectivity index (χ0v) is 15.4. The van der Waals surface area contributed by atoms with Gasteiger partial charge in [0, 0.05) is 17.8 Å². The molecule has 1 aromatic heterocycles. The van der Waals surface area contributed by atoms with Gasteiger partial charge in [-0.05, 0) is 38.0 Å². The van der Waals surface area contributed by atoms with Gasteiger partial charge in [-0.25, -0.2) is 0 Å². The SMILES string of the molecule is CC(CC1CC1)(NC(=O)c1cc(OCC(F)(F)F)c(C2CC2)cn1)/C(N)=N/O. The molecule has 1 aromatic rings. The minimum atomic E-state index is -4.48. The lowest BCUT2D eigenvalue weighted by atomic mass is 9.93. The van der Waals surface area contributed by atoms with Crippen LogP contribution in [0.4, 0.5) is 13.2 Å². The first-order chi connectivity index (χ1) is 13.1. The van der Waals surface area contributed by atoms with Gasteiger partial charge in [0.2, 0.25) is 0 Å².